The Kier molecular flexibility index (Phi) is 5.52. The minimum atomic E-state index is 0. The van der Waals surface area contributed by atoms with E-state index in [1.54, 1.807) is 32.4 Å². The number of hydrogen-bond donors (Lipinski definition) is 0. The van der Waals surface area contributed by atoms with Gasteiger partial charge in [-0.2, -0.15) is 6.07 Å². The average Bonchev–Trinajstić information content (AvgIpc) is 2.05. The third-order valence-corrected chi connectivity index (χ3v) is 1.21. The second-order valence-electron chi connectivity index (χ2n) is 1.81. The summed E-state index contributed by atoms with van der Waals surface area (Å²) in [6.45, 7) is 0. The van der Waals surface area contributed by atoms with Gasteiger partial charge >= 0.3 is 0 Å². The van der Waals surface area contributed by atoms with Crippen molar-refractivity contribution in [1.82, 2.24) is 0 Å². The van der Waals surface area contributed by atoms with Gasteiger partial charge in [-0.05, 0) is 0 Å². The summed E-state index contributed by atoms with van der Waals surface area (Å²) in [4.78, 5) is 0. The molecule has 1 aromatic carbocycles. The van der Waals surface area contributed by atoms with Crippen molar-refractivity contribution in [2.24, 2.45) is 0 Å². The number of methoxy groups -OCH3 is 2. The van der Waals surface area contributed by atoms with E-state index >= 15 is 0 Å². The van der Waals surface area contributed by atoms with Gasteiger partial charge in [0.2, 0.25) is 0 Å². The molecule has 0 heterocycles. The van der Waals surface area contributed by atoms with Crippen LogP contribution < -0.4 is 9.47 Å². The van der Waals surface area contributed by atoms with Gasteiger partial charge in [0.15, 0.2) is 0 Å². The average molecular weight is 226 g/mol. The normalized spacial score (nSPS) is 8.18. The zero-order chi connectivity index (χ0) is 7.40. The molecule has 0 atom stereocenters. The Morgan fingerprint density at radius 1 is 1.09 bits per heavy atom. The predicted octanol–water partition coefficient (Wildman–Crippen LogP) is 1.50. The van der Waals surface area contributed by atoms with E-state index in [0.29, 0.717) is 0 Å². The Morgan fingerprint density at radius 2 is 1.55 bits per heavy atom. The molecule has 57 valence electrons. The Labute approximate surface area is 91.8 Å². The molecular formula is C8H9O2Y-. The van der Waals surface area contributed by atoms with Gasteiger partial charge < -0.3 is 9.47 Å². The quantitative estimate of drug-likeness (QED) is 0.711. The summed E-state index contributed by atoms with van der Waals surface area (Å²) < 4.78 is 9.89. The summed E-state index contributed by atoms with van der Waals surface area (Å²) in [5, 5.41) is 0. The molecule has 0 saturated heterocycles. The van der Waals surface area contributed by atoms with Crippen molar-refractivity contribution in [3.8, 4) is 11.5 Å². The molecule has 1 radical (unpaired) electrons. The Bertz CT molecular complexity index is 194. The van der Waals surface area contributed by atoms with Crippen LogP contribution in [0.4, 0.5) is 0 Å². The smallest absolute Gasteiger partial charge is 0.0606 e. The molecule has 0 bridgehead atoms. The molecule has 0 fully saturated rings. The molecule has 1 aromatic rings. The second-order valence-corrected chi connectivity index (χ2v) is 1.81. The molecule has 0 spiro atoms. The van der Waals surface area contributed by atoms with Crippen molar-refractivity contribution in [2.45, 2.75) is 0 Å². The van der Waals surface area contributed by atoms with Crippen LogP contribution in [0.1, 0.15) is 0 Å². The van der Waals surface area contributed by atoms with Crippen molar-refractivity contribution in [3.63, 3.8) is 0 Å². The molecule has 3 heteroatoms. The topological polar surface area (TPSA) is 18.5 Å². The van der Waals surface area contributed by atoms with E-state index in [9.17, 15) is 0 Å². The van der Waals surface area contributed by atoms with Crippen LogP contribution in [-0.4, -0.2) is 14.2 Å². The second kappa shape index (κ2) is 5.56. The third kappa shape index (κ3) is 3.21. The fraction of sp³-hybridized carbons (Fsp3) is 0.250. The first kappa shape index (κ1) is 10.9. The van der Waals surface area contributed by atoms with Gasteiger partial charge in [0.05, 0.1) is 14.2 Å². The van der Waals surface area contributed by atoms with Crippen LogP contribution in [0.5, 0.6) is 11.5 Å². The molecule has 0 aliphatic rings. The molecule has 0 aliphatic carbocycles. The minimum Gasteiger partial charge on any atom is -0.554 e. The summed E-state index contributed by atoms with van der Waals surface area (Å²) >= 11 is 0. The number of ether oxygens (including phenoxy) is 2. The van der Waals surface area contributed by atoms with E-state index in [0.717, 1.165) is 11.5 Å². The van der Waals surface area contributed by atoms with Gasteiger partial charge in [-0.1, -0.05) is 6.07 Å². The Balaban J connectivity index is 0.000001000. The standard InChI is InChI=1S/C8H9O2.Y/c1-9-7-4-3-5-8(6-7)10-2;/h4-6H,1-2H3;/q-1;. The first-order chi connectivity index (χ1) is 4.86. The van der Waals surface area contributed by atoms with Gasteiger partial charge in [-0.25, -0.2) is 0 Å². The van der Waals surface area contributed by atoms with E-state index in [2.05, 4.69) is 6.07 Å². The van der Waals surface area contributed by atoms with Crippen LogP contribution in [0, 0.1) is 6.07 Å². The largest absolute Gasteiger partial charge is 0.554 e. The summed E-state index contributed by atoms with van der Waals surface area (Å²) in [6, 6.07) is 8.19. The van der Waals surface area contributed by atoms with E-state index < -0.39 is 0 Å². The van der Waals surface area contributed by atoms with Crippen LogP contribution in [0.15, 0.2) is 18.2 Å². The SMILES string of the molecule is COc1c[c-]cc(OC)c1.[Y]. The number of benzene rings is 1. The van der Waals surface area contributed by atoms with Crippen molar-refractivity contribution in [1.29, 1.82) is 0 Å². The molecule has 0 saturated carbocycles. The molecule has 0 amide bonds. The fourth-order valence-electron chi connectivity index (χ4n) is 0.665. The fourth-order valence-corrected chi connectivity index (χ4v) is 0.665. The Hall–Kier alpha value is -0.0761. The molecule has 0 N–H and O–H groups in total. The minimum absolute atomic E-state index is 0. The maximum atomic E-state index is 4.95. The Morgan fingerprint density at radius 3 is 1.91 bits per heavy atom. The molecular weight excluding hydrogens is 217 g/mol. The number of hydrogen-bond acceptors (Lipinski definition) is 2. The van der Waals surface area contributed by atoms with Crippen LogP contribution >= 0.6 is 0 Å². The molecule has 0 aliphatic heterocycles. The van der Waals surface area contributed by atoms with Crippen LogP contribution in [0.3, 0.4) is 0 Å². The van der Waals surface area contributed by atoms with Crippen LogP contribution in [-0.2, 0) is 32.7 Å². The zero-order valence-electron chi connectivity index (χ0n) is 6.63. The summed E-state index contributed by atoms with van der Waals surface area (Å²) in [7, 11) is 3.23. The zero-order valence-corrected chi connectivity index (χ0v) is 9.46. The van der Waals surface area contributed by atoms with Gasteiger partial charge in [-0.3, -0.25) is 0 Å². The summed E-state index contributed by atoms with van der Waals surface area (Å²) in [5.74, 6) is 1.53. The molecule has 0 aromatic heterocycles. The van der Waals surface area contributed by atoms with Crippen LogP contribution in [0.25, 0.3) is 0 Å². The first-order valence-electron chi connectivity index (χ1n) is 2.96. The summed E-state index contributed by atoms with van der Waals surface area (Å²) in [5.41, 5.74) is 0. The third-order valence-electron chi connectivity index (χ3n) is 1.21. The van der Waals surface area contributed by atoms with E-state index in [4.69, 9.17) is 9.47 Å². The molecule has 2 nitrogen and oxygen atoms in total. The molecule has 0 unspecified atom stereocenters. The van der Waals surface area contributed by atoms with Crippen molar-refractivity contribution >= 4 is 0 Å². The maximum absolute atomic E-state index is 4.95. The predicted molar refractivity (Wildman–Crippen MR) is 38.4 cm³/mol. The van der Waals surface area contributed by atoms with E-state index in [-0.39, 0.29) is 32.7 Å². The molecule has 1 rings (SSSR count). The van der Waals surface area contributed by atoms with Crippen LogP contribution in [0.2, 0.25) is 0 Å². The van der Waals surface area contributed by atoms with Crippen molar-refractivity contribution in [2.75, 3.05) is 14.2 Å². The van der Waals surface area contributed by atoms with Gasteiger partial charge in [-0.15, -0.1) is 12.1 Å². The van der Waals surface area contributed by atoms with Crippen molar-refractivity contribution in [3.05, 3.63) is 24.3 Å². The van der Waals surface area contributed by atoms with E-state index in [1.807, 2.05) is 0 Å². The van der Waals surface area contributed by atoms with E-state index in [1.165, 1.54) is 0 Å². The first-order valence-corrected chi connectivity index (χ1v) is 2.96. The molecule has 11 heavy (non-hydrogen) atoms. The van der Waals surface area contributed by atoms with Gasteiger partial charge in [0.25, 0.3) is 0 Å². The monoisotopic (exact) mass is 226 g/mol. The number of rotatable bonds is 2. The maximum Gasteiger partial charge on any atom is 0.0606 e. The van der Waals surface area contributed by atoms with Gasteiger partial charge in [0.1, 0.15) is 0 Å². The van der Waals surface area contributed by atoms with Crippen molar-refractivity contribution < 1.29 is 42.2 Å². The van der Waals surface area contributed by atoms with Gasteiger partial charge in [0, 0.05) is 44.2 Å². The summed E-state index contributed by atoms with van der Waals surface area (Å²) in [6.07, 6.45) is 0.